The maximum atomic E-state index is 11.9. The predicted octanol–water partition coefficient (Wildman–Crippen LogP) is 2.58. The van der Waals surface area contributed by atoms with Crippen molar-refractivity contribution in [2.75, 3.05) is 46.6 Å². The molecule has 1 N–H and O–H groups in total. The zero-order valence-corrected chi connectivity index (χ0v) is 16.7. The van der Waals surface area contributed by atoms with E-state index in [2.05, 4.69) is 35.6 Å². The Morgan fingerprint density at radius 3 is 2.81 bits per heavy atom. The number of hydrogen-bond acceptors (Lipinski definition) is 6. The number of nitrogens with one attached hydrogen (secondary N) is 1. The molecule has 2 atom stereocenters. The van der Waals surface area contributed by atoms with E-state index in [4.69, 9.17) is 14.2 Å². The van der Waals surface area contributed by atoms with Gasteiger partial charge in [-0.3, -0.25) is 4.79 Å². The van der Waals surface area contributed by atoms with Crippen molar-refractivity contribution < 1.29 is 19.0 Å². The summed E-state index contributed by atoms with van der Waals surface area (Å²) < 4.78 is 18.3. The maximum Gasteiger partial charge on any atom is 0.246 e. The minimum Gasteiger partial charge on any atom is -0.497 e. The molecule has 0 bridgehead atoms. The van der Waals surface area contributed by atoms with Crippen LogP contribution in [0.2, 0.25) is 0 Å². The van der Waals surface area contributed by atoms with Crippen molar-refractivity contribution in [3.8, 4) is 5.75 Å². The molecule has 146 valence electrons. The number of ether oxygens (including phenoxy) is 3. The van der Waals surface area contributed by atoms with E-state index in [-0.39, 0.29) is 18.6 Å². The Morgan fingerprint density at radius 2 is 2.19 bits per heavy atom. The third-order valence-corrected chi connectivity index (χ3v) is 5.30. The zero-order valence-electron chi connectivity index (χ0n) is 15.9. The molecule has 0 spiro atoms. The van der Waals surface area contributed by atoms with Crippen LogP contribution in [0.15, 0.2) is 29.2 Å². The molecular weight excluding hydrogens is 352 g/mol. The number of amides is 1. The predicted molar refractivity (Wildman–Crippen MR) is 103 cm³/mol. The summed E-state index contributed by atoms with van der Waals surface area (Å²) in [4.78, 5) is 13.1. The van der Waals surface area contributed by atoms with Crippen LogP contribution in [0.4, 0.5) is 0 Å². The second-order valence-electron chi connectivity index (χ2n) is 6.45. The van der Waals surface area contributed by atoms with Gasteiger partial charge < -0.3 is 19.5 Å². The molecule has 1 fully saturated rings. The summed E-state index contributed by atoms with van der Waals surface area (Å²) in [6.07, 6.45) is 0.937. The molecule has 1 aliphatic heterocycles. The SMILES string of the molecule is CCN(CC(C)CNC(=O)COC1CCOC1)Sc1ccc(OC)cc1. The van der Waals surface area contributed by atoms with Gasteiger partial charge in [0.2, 0.25) is 5.91 Å². The first-order valence-corrected chi connectivity index (χ1v) is 9.91. The maximum absolute atomic E-state index is 11.9. The van der Waals surface area contributed by atoms with Crippen molar-refractivity contribution >= 4 is 17.9 Å². The molecular formula is C19H30N2O4S. The number of hydrogen-bond donors (Lipinski definition) is 1. The van der Waals surface area contributed by atoms with Gasteiger partial charge in [-0.25, -0.2) is 4.31 Å². The van der Waals surface area contributed by atoms with Gasteiger partial charge >= 0.3 is 0 Å². The van der Waals surface area contributed by atoms with Crippen molar-refractivity contribution in [2.24, 2.45) is 5.92 Å². The molecule has 6 nitrogen and oxygen atoms in total. The van der Waals surface area contributed by atoms with Gasteiger partial charge in [0, 0.05) is 31.1 Å². The molecule has 0 aliphatic carbocycles. The van der Waals surface area contributed by atoms with Crippen LogP contribution in [0.25, 0.3) is 0 Å². The Balaban J connectivity index is 1.66. The molecule has 2 rings (SSSR count). The first-order chi connectivity index (χ1) is 12.6. The molecule has 1 saturated heterocycles. The van der Waals surface area contributed by atoms with Crippen LogP contribution in [0.3, 0.4) is 0 Å². The van der Waals surface area contributed by atoms with E-state index < -0.39 is 0 Å². The lowest BCUT2D eigenvalue weighted by Gasteiger charge is -2.23. The highest BCUT2D eigenvalue weighted by atomic mass is 32.2. The third kappa shape index (κ3) is 7.53. The average Bonchev–Trinajstić information content (AvgIpc) is 3.18. The minimum atomic E-state index is -0.0606. The number of carbonyl (C=O) groups is 1. The summed E-state index contributed by atoms with van der Waals surface area (Å²) in [5.74, 6) is 1.15. The Morgan fingerprint density at radius 1 is 1.42 bits per heavy atom. The van der Waals surface area contributed by atoms with Crippen LogP contribution < -0.4 is 10.1 Å². The molecule has 1 amide bonds. The number of carbonyl (C=O) groups excluding carboxylic acids is 1. The van der Waals surface area contributed by atoms with Gasteiger partial charge in [0.15, 0.2) is 0 Å². The summed E-state index contributed by atoms with van der Waals surface area (Å²) in [6, 6.07) is 8.05. The summed E-state index contributed by atoms with van der Waals surface area (Å²) in [7, 11) is 1.67. The van der Waals surface area contributed by atoms with Crippen molar-refractivity contribution in [2.45, 2.75) is 31.3 Å². The van der Waals surface area contributed by atoms with E-state index in [1.54, 1.807) is 19.1 Å². The Kier molecular flexibility index (Phi) is 9.25. The quantitative estimate of drug-likeness (QED) is 0.594. The highest BCUT2D eigenvalue weighted by molar-refractivity contribution is 7.97. The Bertz CT molecular complexity index is 535. The number of benzene rings is 1. The lowest BCUT2D eigenvalue weighted by atomic mass is 10.2. The lowest BCUT2D eigenvalue weighted by molar-refractivity contribution is -0.127. The third-order valence-electron chi connectivity index (χ3n) is 4.15. The standard InChI is InChI=1S/C19H30N2O4S/c1-4-21(26-18-7-5-16(23-3)6-8-18)12-15(2)11-20-19(22)14-25-17-9-10-24-13-17/h5-8,15,17H,4,9-14H2,1-3H3,(H,20,22). The van der Waals surface area contributed by atoms with Crippen LogP contribution in [-0.4, -0.2) is 62.9 Å². The molecule has 0 saturated carbocycles. The van der Waals surface area contributed by atoms with Gasteiger partial charge in [-0.05, 0) is 48.6 Å². The molecule has 1 aromatic rings. The van der Waals surface area contributed by atoms with Gasteiger partial charge in [-0.2, -0.15) is 0 Å². The van der Waals surface area contributed by atoms with E-state index in [0.29, 0.717) is 19.1 Å². The fraction of sp³-hybridized carbons (Fsp3) is 0.632. The molecule has 1 aliphatic rings. The summed E-state index contributed by atoms with van der Waals surface area (Å²) in [5.41, 5.74) is 0. The molecule has 1 heterocycles. The van der Waals surface area contributed by atoms with E-state index in [1.165, 1.54) is 4.90 Å². The first kappa shape index (κ1) is 21.0. The molecule has 7 heteroatoms. The van der Waals surface area contributed by atoms with Gasteiger partial charge in [0.25, 0.3) is 0 Å². The molecule has 1 aromatic carbocycles. The Hall–Kier alpha value is -1.28. The van der Waals surface area contributed by atoms with Gasteiger partial charge in [-0.1, -0.05) is 13.8 Å². The summed E-state index contributed by atoms with van der Waals surface area (Å²) in [5, 5.41) is 2.96. The normalized spacial score (nSPS) is 18.1. The second-order valence-corrected chi connectivity index (χ2v) is 7.62. The van der Waals surface area contributed by atoms with Crippen LogP contribution in [0, 0.1) is 5.92 Å². The first-order valence-electron chi connectivity index (χ1n) is 9.13. The highest BCUT2D eigenvalue weighted by Gasteiger charge is 2.17. The molecule has 0 radical (unpaired) electrons. The van der Waals surface area contributed by atoms with E-state index in [0.717, 1.165) is 31.9 Å². The molecule has 26 heavy (non-hydrogen) atoms. The van der Waals surface area contributed by atoms with Crippen LogP contribution >= 0.6 is 11.9 Å². The summed E-state index contributed by atoms with van der Waals surface area (Å²) >= 11 is 1.72. The van der Waals surface area contributed by atoms with E-state index in [1.807, 2.05) is 12.1 Å². The van der Waals surface area contributed by atoms with Gasteiger partial charge in [0.05, 0.1) is 19.8 Å². The topological polar surface area (TPSA) is 60.0 Å². The van der Waals surface area contributed by atoms with Gasteiger partial charge in [0.1, 0.15) is 12.4 Å². The van der Waals surface area contributed by atoms with Crippen LogP contribution in [0.1, 0.15) is 20.3 Å². The minimum absolute atomic E-state index is 0.0606. The second kappa shape index (κ2) is 11.4. The number of nitrogens with zero attached hydrogens (tertiary/aromatic N) is 1. The van der Waals surface area contributed by atoms with Crippen molar-refractivity contribution in [3.63, 3.8) is 0 Å². The molecule has 2 unspecified atom stereocenters. The lowest BCUT2D eigenvalue weighted by Crippen LogP contribution is -2.36. The van der Waals surface area contributed by atoms with E-state index in [9.17, 15) is 4.79 Å². The van der Waals surface area contributed by atoms with Crippen molar-refractivity contribution in [1.82, 2.24) is 9.62 Å². The van der Waals surface area contributed by atoms with Crippen molar-refractivity contribution in [1.29, 1.82) is 0 Å². The average molecular weight is 383 g/mol. The van der Waals surface area contributed by atoms with Crippen LogP contribution in [-0.2, 0) is 14.3 Å². The fourth-order valence-corrected chi connectivity index (χ4v) is 3.62. The molecule has 0 aromatic heterocycles. The van der Waals surface area contributed by atoms with E-state index >= 15 is 0 Å². The number of rotatable bonds is 11. The number of methoxy groups -OCH3 is 1. The monoisotopic (exact) mass is 382 g/mol. The van der Waals surface area contributed by atoms with Crippen LogP contribution in [0.5, 0.6) is 5.75 Å². The van der Waals surface area contributed by atoms with Gasteiger partial charge in [-0.15, -0.1) is 0 Å². The fourth-order valence-electron chi connectivity index (χ4n) is 2.61. The zero-order chi connectivity index (χ0) is 18.8. The highest BCUT2D eigenvalue weighted by Crippen LogP contribution is 2.25. The smallest absolute Gasteiger partial charge is 0.246 e. The van der Waals surface area contributed by atoms with Crippen molar-refractivity contribution in [3.05, 3.63) is 24.3 Å². The largest absolute Gasteiger partial charge is 0.497 e. The Labute approximate surface area is 160 Å². The summed E-state index contributed by atoms with van der Waals surface area (Å²) in [6.45, 7) is 8.18.